The first-order valence-electron chi connectivity index (χ1n) is 11.7. The van der Waals surface area contributed by atoms with Crippen molar-refractivity contribution in [3.8, 4) is 17.3 Å². The van der Waals surface area contributed by atoms with Crippen LogP contribution in [0.4, 0.5) is 0 Å². The Balaban J connectivity index is 1.39. The molecule has 0 saturated heterocycles. The summed E-state index contributed by atoms with van der Waals surface area (Å²) in [5.74, 6) is 1.48. The molecular formula is C30H20BrN3O3. The molecule has 0 spiro atoms. The Labute approximate surface area is 220 Å². The third kappa shape index (κ3) is 4.81. The van der Waals surface area contributed by atoms with Crippen molar-refractivity contribution < 1.29 is 9.15 Å². The maximum Gasteiger partial charge on any atom is 0.282 e. The number of aromatic nitrogens is 2. The molecule has 2 aromatic heterocycles. The van der Waals surface area contributed by atoms with Crippen LogP contribution >= 0.6 is 15.9 Å². The van der Waals surface area contributed by atoms with E-state index < -0.39 is 0 Å². The summed E-state index contributed by atoms with van der Waals surface area (Å²) >= 11 is 3.49. The van der Waals surface area contributed by atoms with Gasteiger partial charge in [0.05, 0.1) is 17.1 Å². The van der Waals surface area contributed by atoms with Crippen molar-refractivity contribution in [1.82, 2.24) is 9.66 Å². The van der Waals surface area contributed by atoms with Gasteiger partial charge in [-0.05, 0) is 59.7 Å². The smallest absolute Gasteiger partial charge is 0.282 e. The monoisotopic (exact) mass is 549 g/mol. The second-order valence-electron chi connectivity index (χ2n) is 8.45. The van der Waals surface area contributed by atoms with Gasteiger partial charge >= 0.3 is 0 Å². The van der Waals surface area contributed by atoms with Crippen LogP contribution < -0.4 is 10.3 Å². The number of ether oxygens (including phenoxy) is 1. The maximum absolute atomic E-state index is 13.5. The Morgan fingerprint density at radius 1 is 0.919 bits per heavy atom. The van der Waals surface area contributed by atoms with Crippen molar-refractivity contribution in [2.24, 2.45) is 5.10 Å². The number of para-hydroxylation sites is 1. The zero-order valence-corrected chi connectivity index (χ0v) is 21.1. The molecule has 2 heterocycles. The molecule has 0 aliphatic heterocycles. The predicted octanol–water partition coefficient (Wildman–Crippen LogP) is 7.03. The van der Waals surface area contributed by atoms with Crippen molar-refractivity contribution >= 4 is 44.0 Å². The van der Waals surface area contributed by atoms with E-state index in [-0.39, 0.29) is 5.56 Å². The Morgan fingerprint density at radius 3 is 2.65 bits per heavy atom. The lowest BCUT2D eigenvalue weighted by atomic mass is 10.2. The van der Waals surface area contributed by atoms with Gasteiger partial charge < -0.3 is 9.15 Å². The lowest BCUT2D eigenvalue weighted by Gasteiger charge is -2.08. The molecule has 0 atom stereocenters. The van der Waals surface area contributed by atoms with Crippen molar-refractivity contribution in [1.29, 1.82) is 0 Å². The average Bonchev–Trinajstić information content (AvgIpc) is 3.35. The summed E-state index contributed by atoms with van der Waals surface area (Å²) < 4.78 is 14.2. The quantitative estimate of drug-likeness (QED) is 0.209. The standard InChI is InChI=1S/C30H20BrN3O3/c31-23-13-14-27-22(16-23)17-28(37-27)29-33-26-12-5-4-11-25(26)30(35)34(29)32-18-21-9-6-10-24(15-21)36-19-20-7-2-1-3-8-20/h1-18H,19H2. The molecule has 37 heavy (non-hydrogen) atoms. The van der Waals surface area contributed by atoms with Gasteiger partial charge in [-0.15, -0.1) is 0 Å². The van der Waals surface area contributed by atoms with Crippen LogP contribution in [0.15, 0.2) is 122 Å². The summed E-state index contributed by atoms with van der Waals surface area (Å²) in [6.07, 6.45) is 1.62. The lowest BCUT2D eigenvalue weighted by Crippen LogP contribution is -2.20. The molecule has 0 N–H and O–H groups in total. The molecule has 180 valence electrons. The second-order valence-corrected chi connectivity index (χ2v) is 9.37. The molecule has 0 bridgehead atoms. The Hall–Kier alpha value is -4.49. The van der Waals surface area contributed by atoms with Gasteiger partial charge in [0.1, 0.15) is 17.9 Å². The highest BCUT2D eigenvalue weighted by atomic mass is 79.9. The number of halogens is 1. The van der Waals surface area contributed by atoms with E-state index in [1.54, 1.807) is 18.3 Å². The van der Waals surface area contributed by atoms with Crippen LogP contribution in [0.25, 0.3) is 33.5 Å². The molecule has 6 nitrogen and oxygen atoms in total. The summed E-state index contributed by atoms with van der Waals surface area (Å²) in [4.78, 5) is 18.2. The highest BCUT2D eigenvalue weighted by molar-refractivity contribution is 9.10. The molecule has 0 unspecified atom stereocenters. The van der Waals surface area contributed by atoms with Gasteiger partial charge in [-0.3, -0.25) is 4.79 Å². The fourth-order valence-electron chi connectivity index (χ4n) is 4.06. The molecule has 0 radical (unpaired) electrons. The van der Waals surface area contributed by atoms with E-state index in [2.05, 4.69) is 21.0 Å². The summed E-state index contributed by atoms with van der Waals surface area (Å²) in [7, 11) is 0. The van der Waals surface area contributed by atoms with Crippen LogP contribution in [0.5, 0.6) is 5.75 Å². The minimum absolute atomic E-state index is 0.282. The highest BCUT2D eigenvalue weighted by Crippen LogP contribution is 2.29. The van der Waals surface area contributed by atoms with Crippen LogP contribution in [-0.2, 0) is 6.61 Å². The third-order valence-electron chi connectivity index (χ3n) is 5.88. The number of benzene rings is 4. The minimum Gasteiger partial charge on any atom is -0.489 e. The molecule has 0 aliphatic rings. The number of hydrogen-bond acceptors (Lipinski definition) is 5. The highest BCUT2D eigenvalue weighted by Gasteiger charge is 2.16. The fraction of sp³-hybridized carbons (Fsp3) is 0.0333. The number of rotatable bonds is 6. The maximum atomic E-state index is 13.5. The van der Waals surface area contributed by atoms with Gasteiger partial charge in [0.15, 0.2) is 5.76 Å². The number of furan rings is 1. The van der Waals surface area contributed by atoms with Crippen LogP contribution in [-0.4, -0.2) is 15.9 Å². The Morgan fingerprint density at radius 2 is 1.76 bits per heavy atom. The normalized spacial score (nSPS) is 11.5. The zero-order valence-electron chi connectivity index (χ0n) is 19.5. The van der Waals surface area contributed by atoms with Gasteiger partial charge in [0, 0.05) is 9.86 Å². The SMILES string of the molecule is O=c1c2ccccc2nc(-c2cc3cc(Br)ccc3o2)n1N=Cc1cccc(OCc2ccccc2)c1. The van der Waals surface area contributed by atoms with Crippen LogP contribution in [0.1, 0.15) is 11.1 Å². The summed E-state index contributed by atoms with van der Waals surface area (Å²) in [5.41, 5.74) is 2.85. The van der Waals surface area contributed by atoms with Crippen LogP contribution in [0.2, 0.25) is 0 Å². The number of fused-ring (bicyclic) bond motifs is 2. The first-order valence-corrected chi connectivity index (χ1v) is 12.5. The number of nitrogens with zero attached hydrogens (tertiary/aromatic N) is 3. The Kier molecular flexibility index (Phi) is 6.12. The third-order valence-corrected chi connectivity index (χ3v) is 6.37. The number of hydrogen-bond donors (Lipinski definition) is 0. The van der Waals surface area contributed by atoms with E-state index >= 15 is 0 Å². The van der Waals surface area contributed by atoms with E-state index in [1.165, 1.54) is 4.68 Å². The van der Waals surface area contributed by atoms with E-state index in [0.29, 0.717) is 40.4 Å². The lowest BCUT2D eigenvalue weighted by molar-refractivity contribution is 0.306. The van der Waals surface area contributed by atoms with E-state index in [0.717, 1.165) is 21.0 Å². The fourth-order valence-corrected chi connectivity index (χ4v) is 4.44. The van der Waals surface area contributed by atoms with Gasteiger partial charge in [0.2, 0.25) is 5.82 Å². The zero-order chi connectivity index (χ0) is 25.2. The van der Waals surface area contributed by atoms with E-state index in [9.17, 15) is 4.79 Å². The van der Waals surface area contributed by atoms with Crippen molar-refractivity contribution in [3.63, 3.8) is 0 Å². The Bertz CT molecular complexity index is 1820. The van der Waals surface area contributed by atoms with Crippen molar-refractivity contribution in [3.05, 3.63) is 129 Å². The molecule has 0 aliphatic carbocycles. The van der Waals surface area contributed by atoms with Crippen LogP contribution in [0, 0.1) is 0 Å². The molecule has 0 saturated carbocycles. The minimum atomic E-state index is -0.282. The summed E-state index contributed by atoms with van der Waals surface area (Å²) in [5, 5.41) is 5.91. The predicted molar refractivity (Wildman–Crippen MR) is 149 cm³/mol. The molecule has 7 heteroatoms. The molecule has 0 fully saturated rings. The first-order chi connectivity index (χ1) is 18.1. The van der Waals surface area contributed by atoms with Crippen molar-refractivity contribution in [2.45, 2.75) is 6.61 Å². The topological polar surface area (TPSA) is 69.6 Å². The van der Waals surface area contributed by atoms with Gasteiger partial charge in [0.25, 0.3) is 5.56 Å². The second kappa shape index (κ2) is 9.87. The van der Waals surface area contributed by atoms with E-state index in [4.69, 9.17) is 14.1 Å². The van der Waals surface area contributed by atoms with Gasteiger partial charge in [-0.2, -0.15) is 9.78 Å². The van der Waals surface area contributed by atoms with Gasteiger partial charge in [-0.1, -0.05) is 70.5 Å². The van der Waals surface area contributed by atoms with Crippen molar-refractivity contribution in [2.75, 3.05) is 0 Å². The first kappa shape index (κ1) is 22.9. The summed E-state index contributed by atoms with van der Waals surface area (Å²) in [6, 6.07) is 32.3. The molecule has 6 rings (SSSR count). The molecule has 4 aromatic carbocycles. The average molecular weight is 550 g/mol. The summed E-state index contributed by atoms with van der Waals surface area (Å²) in [6.45, 7) is 0.460. The van der Waals surface area contributed by atoms with Crippen LogP contribution in [0.3, 0.4) is 0 Å². The van der Waals surface area contributed by atoms with E-state index in [1.807, 2.05) is 91.0 Å². The van der Waals surface area contributed by atoms with Gasteiger partial charge in [-0.25, -0.2) is 4.98 Å². The largest absolute Gasteiger partial charge is 0.489 e. The molecule has 6 aromatic rings. The molecule has 0 amide bonds. The molecular weight excluding hydrogens is 530 g/mol.